The Balaban J connectivity index is 1.87. The maximum Gasteiger partial charge on any atom is 0.123 e. The lowest BCUT2D eigenvalue weighted by atomic mass is 9.86. The lowest BCUT2D eigenvalue weighted by molar-refractivity contribution is 0.0424. The van der Waals surface area contributed by atoms with E-state index in [0.29, 0.717) is 6.54 Å². The van der Waals surface area contributed by atoms with Crippen molar-refractivity contribution in [2.75, 3.05) is 59.6 Å². The summed E-state index contributed by atoms with van der Waals surface area (Å²) in [6, 6.07) is 5.80. The molecule has 0 saturated carbocycles. The molecule has 0 spiro atoms. The zero-order valence-corrected chi connectivity index (χ0v) is 16.6. The molecule has 0 aromatic heterocycles. The molecule has 0 radical (unpaired) electrons. The average Bonchev–Trinajstić information content (AvgIpc) is 2.61. The van der Waals surface area contributed by atoms with Gasteiger partial charge in [0.25, 0.3) is 0 Å². The van der Waals surface area contributed by atoms with Gasteiger partial charge in [0.05, 0.1) is 13.7 Å². The van der Waals surface area contributed by atoms with Crippen LogP contribution < -0.4 is 9.47 Å². The van der Waals surface area contributed by atoms with Gasteiger partial charge < -0.3 is 19.7 Å². The van der Waals surface area contributed by atoms with Gasteiger partial charge in [0, 0.05) is 44.8 Å². The Morgan fingerprint density at radius 2 is 1.77 bits per heavy atom. The molecule has 1 heterocycles. The minimum atomic E-state index is -0.533. The van der Waals surface area contributed by atoms with E-state index in [-0.39, 0.29) is 18.6 Å². The largest absolute Gasteiger partial charge is 0.497 e. The Hall–Kier alpha value is -1.34. The number of benzene rings is 1. The standard InChI is InChI=1S/C20H34N2O4/c1-20(2,3)18-13-17(25-4)5-6-19(18)26-15-16(24)14-22-9-7-21(8-10-22)11-12-23/h5-6,13,16,23-24H,7-12,14-15H2,1-4H3. The highest BCUT2D eigenvalue weighted by Crippen LogP contribution is 2.34. The van der Waals surface area contributed by atoms with Gasteiger partial charge in [-0.25, -0.2) is 0 Å². The fraction of sp³-hybridized carbons (Fsp3) is 0.700. The van der Waals surface area contributed by atoms with E-state index in [4.69, 9.17) is 14.6 Å². The van der Waals surface area contributed by atoms with E-state index in [2.05, 4.69) is 30.6 Å². The minimum absolute atomic E-state index is 0.0716. The molecule has 1 atom stereocenters. The number of methoxy groups -OCH3 is 1. The number of rotatable bonds is 8. The van der Waals surface area contributed by atoms with Crippen LogP contribution in [0.4, 0.5) is 0 Å². The summed E-state index contributed by atoms with van der Waals surface area (Å²) < 4.78 is 11.3. The monoisotopic (exact) mass is 366 g/mol. The van der Waals surface area contributed by atoms with Crippen molar-refractivity contribution in [1.82, 2.24) is 9.80 Å². The normalized spacial score (nSPS) is 17.9. The summed E-state index contributed by atoms with van der Waals surface area (Å²) in [5.74, 6) is 1.61. The summed E-state index contributed by atoms with van der Waals surface area (Å²) in [6.07, 6.45) is -0.533. The second-order valence-corrected chi connectivity index (χ2v) is 7.94. The van der Waals surface area contributed by atoms with Crippen molar-refractivity contribution in [3.63, 3.8) is 0 Å². The first kappa shape index (κ1) is 21.0. The molecular formula is C20H34N2O4. The van der Waals surface area contributed by atoms with Gasteiger partial charge in [-0.3, -0.25) is 9.80 Å². The van der Waals surface area contributed by atoms with Crippen LogP contribution in [0.3, 0.4) is 0 Å². The van der Waals surface area contributed by atoms with E-state index >= 15 is 0 Å². The van der Waals surface area contributed by atoms with Gasteiger partial charge in [-0.2, -0.15) is 0 Å². The Bertz CT molecular complexity index is 551. The van der Waals surface area contributed by atoms with E-state index in [1.165, 1.54) is 0 Å². The SMILES string of the molecule is COc1ccc(OCC(O)CN2CCN(CCO)CC2)c(C(C)(C)C)c1. The molecular weight excluding hydrogens is 332 g/mol. The highest BCUT2D eigenvalue weighted by Gasteiger charge is 2.22. The Morgan fingerprint density at radius 3 is 2.35 bits per heavy atom. The summed E-state index contributed by atoms with van der Waals surface area (Å²) in [5, 5.41) is 19.4. The second kappa shape index (κ2) is 9.55. The third-order valence-corrected chi connectivity index (χ3v) is 4.78. The van der Waals surface area contributed by atoms with Crippen LogP contribution in [0.5, 0.6) is 11.5 Å². The van der Waals surface area contributed by atoms with Gasteiger partial charge in [0.15, 0.2) is 0 Å². The van der Waals surface area contributed by atoms with Crippen LogP contribution in [0.2, 0.25) is 0 Å². The number of aliphatic hydroxyl groups excluding tert-OH is 2. The molecule has 0 aliphatic carbocycles. The maximum atomic E-state index is 10.4. The molecule has 1 aromatic rings. The molecule has 6 heteroatoms. The van der Waals surface area contributed by atoms with Crippen LogP contribution in [0.15, 0.2) is 18.2 Å². The summed E-state index contributed by atoms with van der Waals surface area (Å²) in [6.45, 7) is 11.9. The van der Waals surface area contributed by atoms with Crippen LogP contribution in [0, 0.1) is 0 Å². The summed E-state index contributed by atoms with van der Waals surface area (Å²) in [5.41, 5.74) is 0.999. The molecule has 6 nitrogen and oxygen atoms in total. The number of β-amino-alcohol motifs (C(OH)–C–C–N with tert-alkyl or cyclic N) is 2. The average molecular weight is 367 g/mol. The fourth-order valence-electron chi connectivity index (χ4n) is 3.22. The van der Waals surface area contributed by atoms with Gasteiger partial charge in [0.2, 0.25) is 0 Å². The van der Waals surface area contributed by atoms with Crippen LogP contribution >= 0.6 is 0 Å². The molecule has 148 valence electrons. The van der Waals surface area contributed by atoms with Crippen molar-refractivity contribution >= 4 is 0 Å². The van der Waals surface area contributed by atoms with E-state index in [0.717, 1.165) is 49.8 Å². The van der Waals surface area contributed by atoms with Crippen LogP contribution in [-0.4, -0.2) is 85.7 Å². The van der Waals surface area contributed by atoms with Gasteiger partial charge in [-0.15, -0.1) is 0 Å². The third kappa shape index (κ3) is 6.13. The number of hydrogen-bond donors (Lipinski definition) is 2. The number of piperazine rings is 1. The van der Waals surface area contributed by atoms with Crippen LogP contribution in [0.1, 0.15) is 26.3 Å². The first-order chi connectivity index (χ1) is 12.3. The van der Waals surface area contributed by atoms with Crippen LogP contribution in [-0.2, 0) is 5.41 Å². The predicted octanol–water partition coefficient (Wildman–Crippen LogP) is 1.34. The number of hydrogen-bond acceptors (Lipinski definition) is 6. The zero-order chi connectivity index (χ0) is 19.2. The molecule has 1 aliphatic heterocycles. The first-order valence-corrected chi connectivity index (χ1v) is 9.38. The van der Waals surface area contributed by atoms with Crippen molar-refractivity contribution in [3.8, 4) is 11.5 Å². The number of ether oxygens (including phenoxy) is 2. The number of nitrogens with zero attached hydrogens (tertiary/aromatic N) is 2. The maximum absolute atomic E-state index is 10.4. The molecule has 1 aromatic carbocycles. The highest BCUT2D eigenvalue weighted by atomic mass is 16.5. The second-order valence-electron chi connectivity index (χ2n) is 7.94. The Kier molecular flexibility index (Phi) is 7.70. The lowest BCUT2D eigenvalue weighted by Gasteiger charge is -2.35. The predicted molar refractivity (Wildman–Crippen MR) is 103 cm³/mol. The van der Waals surface area contributed by atoms with Crippen molar-refractivity contribution in [2.24, 2.45) is 0 Å². The van der Waals surface area contributed by atoms with E-state index in [9.17, 15) is 5.11 Å². The topological polar surface area (TPSA) is 65.4 Å². The van der Waals surface area contributed by atoms with Gasteiger partial charge in [0.1, 0.15) is 24.2 Å². The van der Waals surface area contributed by atoms with Crippen LogP contribution in [0.25, 0.3) is 0 Å². The quantitative estimate of drug-likeness (QED) is 0.724. The van der Waals surface area contributed by atoms with Gasteiger partial charge in [-0.1, -0.05) is 20.8 Å². The third-order valence-electron chi connectivity index (χ3n) is 4.78. The Morgan fingerprint density at radius 1 is 1.12 bits per heavy atom. The summed E-state index contributed by atoms with van der Waals surface area (Å²) in [4.78, 5) is 4.49. The van der Waals surface area contributed by atoms with E-state index in [1.807, 2.05) is 18.2 Å². The summed E-state index contributed by atoms with van der Waals surface area (Å²) in [7, 11) is 1.66. The molecule has 1 unspecified atom stereocenters. The number of aliphatic hydroxyl groups is 2. The van der Waals surface area contributed by atoms with Crippen molar-refractivity contribution in [3.05, 3.63) is 23.8 Å². The van der Waals surface area contributed by atoms with Crippen molar-refractivity contribution < 1.29 is 19.7 Å². The molecule has 0 amide bonds. The molecule has 0 bridgehead atoms. The van der Waals surface area contributed by atoms with Gasteiger partial charge in [-0.05, 0) is 23.6 Å². The fourth-order valence-corrected chi connectivity index (χ4v) is 3.22. The molecule has 26 heavy (non-hydrogen) atoms. The van der Waals surface area contributed by atoms with Gasteiger partial charge >= 0.3 is 0 Å². The minimum Gasteiger partial charge on any atom is -0.497 e. The Labute approximate surface area is 157 Å². The molecule has 2 rings (SSSR count). The van der Waals surface area contributed by atoms with E-state index < -0.39 is 6.10 Å². The highest BCUT2D eigenvalue weighted by molar-refractivity contribution is 5.44. The molecule has 1 fully saturated rings. The zero-order valence-electron chi connectivity index (χ0n) is 16.6. The first-order valence-electron chi connectivity index (χ1n) is 9.38. The van der Waals surface area contributed by atoms with Crippen molar-refractivity contribution in [2.45, 2.75) is 32.3 Å². The summed E-state index contributed by atoms with van der Waals surface area (Å²) >= 11 is 0. The van der Waals surface area contributed by atoms with Crippen molar-refractivity contribution in [1.29, 1.82) is 0 Å². The smallest absolute Gasteiger partial charge is 0.123 e. The lowest BCUT2D eigenvalue weighted by Crippen LogP contribution is -2.49. The van der Waals surface area contributed by atoms with E-state index in [1.54, 1.807) is 7.11 Å². The molecule has 1 aliphatic rings. The molecule has 1 saturated heterocycles. The molecule has 2 N–H and O–H groups in total.